The summed E-state index contributed by atoms with van der Waals surface area (Å²) in [4.78, 5) is 0. The van der Waals surface area contributed by atoms with Crippen molar-refractivity contribution in [2.75, 3.05) is 12.9 Å². The Bertz CT molecular complexity index is 132. The Balaban J connectivity index is 2.47. The van der Waals surface area contributed by atoms with E-state index in [1.165, 1.54) is 19.3 Å². The lowest BCUT2D eigenvalue weighted by molar-refractivity contribution is -0.131. The largest absolute Gasteiger partial charge is 0.378 e. The maximum Gasteiger partial charge on any atom is 0.0662 e. The van der Waals surface area contributed by atoms with Gasteiger partial charge in [-0.15, -0.1) is 0 Å². The van der Waals surface area contributed by atoms with E-state index in [-0.39, 0.29) is 5.60 Å². The van der Waals surface area contributed by atoms with Crippen LogP contribution in [-0.2, 0) is 4.74 Å². The average Bonchev–Trinajstić information content (AvgIpc) is 1.98. The van der Waals surface area contributed by atoms with Crippen LogP contribution in [0.3, 0.4) is 0 Å². The van der Waals surface area contributed by atoms with Gasteiger partial charge in [0, 0.05) is 7.11 Å². The van der Waals surface area contributed by atoms with Crippen molar-refractivity contribution in [3.05, 3.63) is 0 Å². The van der Waals surface area contributed by atoms with Gasteiger partial charge in [0.05, 0.1) is 5.60 Å². The van der Waals surface area contributed by atoms with E-state index in [4.69, 9.17) is 4.74 Å². The van der Waals surface area contributed by atoms with Crippen molar-refractivity contribution >= 4 is 12.6 Å². The van der Waals surface area contributed by atoms with Gasteiger partial charge in [-0.05, 0) is 37.4 Å². The summed E-state index contributed by atoms with van der Waals surface area (Å²) in [6, 6.07) is 0. The van der Waals surface area contributed by atoms with Gasteiger partial charge in [-0.1, -0.05) is 6.92 Å². The molecule has 0 bridgehead atoms. The lowest BCUT2D eigenvalue weighted by Crippen LogP contribution is -2.51. The van der Waals surface area contributed by atoms with E-state index in [0.717, 1.165) is 5.75 Å². The fourth-order valence-corrected chi connectivity index (χ4v) is 2.60. The highest BCUT2D eigenvalue weighted by Crippen LogP contribution is 2.52. The van der Waals surface area contributed by atoms with Gasteiger partial charge in [0.25, 0.3) is 0 Å². The zero-order valence-corrected chi connectivity index (χ0v) is 8.58. The van der Waals surface area contributed by atoms with Crippen LogP contribution in [0, 0.1) is 5.41 Å². The van der Waals surface area contributed by atoms with E-state index in [1.807, 2.05) is 0 Å². The first-order valence-corrected chi connectivity index (χ1v) is 4.89. The van der Waals surface area contributed by atoms with Crippen LogP contribution in [-0.4, -0.2) is 18.5 Å². The third-order valence-electron chi connectivity index (χ3n) is 3.08. The first-order valence-electron chi connectivity index (χ1n) is 4.26. The van der Waals surface area contributed by atoms with Crippen molar-refractivity contribution in [1.82, 2.24) is 0 Å². The summed E-state index contributed by atoms with van der Waals surface area (Å²) in [5.74, 6) is 1.00. The van der Waals surface area contributed by atoms with Crippen molar-refractivity contribution in [2.24, 2.45) is 5.41 Å². The Hall–Kier alpha value is 0.310. The van der Waals surface area contributed by atoms with E-state index in [1.54, 1.807) is 7.11 Å². The second-order valence-electron chi connectivity index (χ2n) is 4.02. The van der Waals surface area contributed by atoms with E-state index >= 15 is 0 Å². The molecular formula is C9H18OS. The Morgan fingerprint density at radius 2 is 2.00 bits per heavy atom. The molecule has 11 heavy (non-hydrogen) atoms. The quantitative estimate of drug-likeness (QED) is 0.647. The molecule has 66 valence electrons. The molecule has 0 spiro atoms. The van der Waals surface area contributed by atoms with Crippen LogP contribution in [0.1, 0.15) is 33.1 Å². The highest BCUT2D eigenvalue weighted by atomic mass is 32.1. The number of ether oxygens (including phenoxy) is 1. The summed E-state index contributed by atoms with van der Waals surface area (Å²) in [6.07, 6.45) is 3.59. The molecule has 0 atom stereocenters. The molecule has 0 saturated heterocycles. The number of methoxy groups -OCH3 is 1. The zero-order valence-electron chi connectivity index (χ0n) is 7.68. The number of thiol groups is 1. The Morgan fingerprint density at radius 1 is 1.45 bits per heavy atom. The number of hydrogen-bond donors (Lipinski definition) is 1. The van der Waals surface area contributed by atoms with E-state index in [0.29, 0.717) is 5.41 Å². The molecule has 0 aromatic rings. The van der Waals surface area contributed by atoms with Crippen LogP contribution >= 0.6 is 12.6 Å². The molecule has 0 aromatic heterocycles. The Labute approximate surface area is 74.9 Å². The monoisotopic (exact) mass is 174 g/mol. The molecule has 0 aromatic carbocycles. The molecule has 1 aliphatic rings. The summed E-state index contributed by atoms with van der Waals surface area (Å²) in [7, 11) is 1.80. The van der Waals surface area contributed by atoms with Crippen molar-refractivity contribution in [2.45, 2.75) is 38.7 Å². The first kappa shape index (κ1) is 9.40. The topological polar surface area (TPSA) is 9.23 Å². The minimum atomic E-state index is 0.152. The molecule has 0 aliphatic heterocycles. The lowest BCUT2D eigenvalue weighted by Gasteiger charge is -2.53. The minimum Gasteiger partial charge on any atom is -0.378 e. The maximum atomic E-state index is 5.40. The fourth-order valence-electron chi connectivity index (χ4n) is 2.15. The average molecular weight is 174 g/mol. The predicted molar refractivity (Wildman–Crippen MR) is 51.2 cm³/mol. The van der Waals surface area contributed by atoms with Gasteiger partial charge in [0.15, 0.2) is 0 Å². The molecule has 2 heteroatoms. The van der Waals surface area contributed by atoms with E-state index in [2.05, 4.69) is 26.5 Å². The van der Waals surface area contributed by atoms with Gasteiger partial charge in [-0.2, -0.15) is 12.6 Å². The minimum absolute atomic E-state index is 0.152. The first-order chi connectivity index (χ1) is 5.10. The molecule has 0 heterocycles. The molecule has 0 radical (unpaired) electrons. The Morgan fingerprint density at radius 3 is 2.27 bits per heavy atom. The molecule has 1 nitrogen and oxygen atoms in total. The number of rotatable bonds is 3. The van der Waals surface area contributed by atoms with E-state index in [9.17, 15) is 0 Å². The van der Waals surface area contributed by atoms with Gasteiger partial charge in [0.1, 0.15) is 0 Å². The summed E-state index contributed by atoms with van der Waals surface area (Å²) in [5, 5.41) is 0. The fraction of sp³-hybridized carbons (Fsp3) is 1.00. The maximum absolute atomic E-state index is 5.40. The summed E-state index contributed by atoms with van der Waals surface area (Å²) >= 11 is 4.37. The van der Waals surface area contributed by atoms with Crippen molar-refractivity contribution in [3.63, 3.8) is 0 Å². The second kappa shape index (κ2) is 2.98. The summed E-state index contributed by atoms with van der Waals surface area (Å²) < 4.78 is 5.40. The van der Waals surface area contributed by atoms with Gasteiger partial charge in [-0.3, -0.25) is 0 Å². The van der Waals surface area contributed by atoms with Crippen LogP contribution in [0.25, 0.3) is 0 Å². The van der Waals surface area contributed by atoms with Crippen molar-refractivity contribution < 1.29 is 4.74 Å². The molecular weight excluding hydrogens is 156 g/mol. The van der Waals surface area contributed by atoms with Gasteiger partial charge in [0.2, 0.25) is 0 Å². The standard InChI is InChI=1S/C9H18OS/c1-4-9(7-11)5-8(2,6-9)10-3/h11H,4-7H2,1-3H3. The van der Waals surface area contributed by atoms with Gasteiger partial charge >= 0.3 is 0 Å². The van der Waals surface area contributed by atoms with Crippen molar-refractivity contribution in [3.8, 4) is 0 Å². The smallest absolute Gasteiger partial charge is 0.0662 e. The summed E-state index contributed by atoms with van der Waals surface area (Å²) in [5.41, 5.74) is 0.632. The highest BCUT2D eigenvalue weighted by Gasteiger charge is 2.50. The third-order valence-corrected chi connectivity index (χ3v) is 3.75. The molecule has 0 N–H and O–H groups in total. The second-order valence-corrected chi connectivity index (χ2v) is 4.34. The Kier molecular flexibility index (Phi) is 2.55. The molecule has 0 unspecified atom stereocenters. The zero-order chi connectivity index (χ0) is 8.54. The van der Waals surface area contributed by atoms with Gasteiger partial charge < -0.3 is 4.74 Å². The van der Waals surface area contributed by atoms with E-state index < -0.39 is 0 Å². The van der Waals surface area contributed by atoms with Crippen LogP contribution in [0.4, 0.5) is 0 Å². The lowest BCUT2D eigenvalue weighted by atomic mass is 9.59. The molecule has 1 saturated carbocycles. The van der Waals surface area contributed by atoms with Crippen LogP contribution in [0.15, 0.2) is 0 Å². The molecule has 0 amide bonds. The van der Waals surface area contributed by atoms with Crippen LogP contribution < -0.4 is 0 Å². The molecule has 1 rings (SSSR count). The van der Waals surface area contributed by atoms with Crippen LogP contribution in [0.2, 0.25) is 0 Å². The SMILES string of the molecule is CCC1(CS)CC(C)(OC)C1. The predicted octanol–water partition coefficient (Wildman–Crippen LogP) is 2.51. The van der Waals surface area contributed by atoms with Gasteiger partial charge in [-0.25, -0.2) is 0 Å². The molecule has 1 fully saturated rings. The molecule has 1 aliphatic carbocycles. The summed E-state index contributed by atoms with van der Waals surface area (Å²) in [6.45, 7) is 4.43. The van der Waals surface area contributed by atoms with Crippen molar-refractivity contribution in [1.29, 1.82) is 0 Å². The highest BCUT2D eigenvalue weighted by molar-refractivity contribution is 7.80. The van der Waals surface area contributed by atoms with Crippen LogP contribution in [0.5, 0.6) is 0 Å². The number of hydrogen-bond acceptors (Lipinski definition) is 2. The third kappa shape index (κ3) is 1.57. The normalized spacial score (nSPS) is 43.6.